The van der Waals surface area contributed by atoms with Crippen LogP contribution in [0.15, 0.2) is 42.7 Å². The van der Waals surface area contributed by atoms with E-state index >= 15 is 0 Å². The lowest BCUT2D eigenvalue weighted by Crippen LogP contribution is -1.98. The van der Waals surface area contributed by atoms with Crippen molar-refractivity contribution in [3.63, 3.8) is 0 Å². The molecule has 2 rings (SSSR count). The molecule has 0 saturated heterocycles. The molecule has 1 heterocycles. The van der Waals surface area contributed by atoms with Crippen LogP contribution in [0.3, 0.4) is 0 Å². The van der Waals surface area contributed by atoms with Gasteiger partial charge in [-0.05, 0) is 24.6 Å². The third kappa shape index (κ3) is 2.82. The number of non-ortho nitro benzene ring substituents is 1. The van der Waals surface area contributed by atoms with Gasteiger partial charge < -0.3 is 4.74 Å². The van der Waals surface area contributed by atoms with E-state index in [-0.39, 0.29) is 5.69 Å². The van der Waals surface area contributed by atoms with Gasteiger partial charge in [-0.25, -0.2) is 0 Å². The Balaban J connectivity index is 2.08. The van der Waals surface area contributed by atoms with Crippen LogP contribution in [0, 0.1) is 17.0 Å². The largest absolute Gasteiger partial charge is 0.489 e. The van der Waals surface area contributed by atoms with Crippen LogP contribution in [0.2, 0.25) is 0 Å². The fourth-order valence-electron chi connectivity index (χ4n) is 1.55. The van der Waals surface area contributed by atoms with Gasteiger partial charge in [-0.2, -0.15) is 0 Å². The highest BCUT2D eigenvalue weighted by atomic mass is 16.6. The van der Waals surface area contributed by atoms with Crippen LogP contribution in [0.5, 0.6) is 5.75 Å². The van der Waals surface area contributed by atoms with Gasteiger partial charge in [0.25, 0.3) is 5.69 Å². The molecule has 0 aliphatic carbocycles. The molecule has 0 unspecified atom stereocenters. The van der Waals surface area contributed by atoms with Crippen LogP contribution in [0.1, 0.15) is 11.1 Å². The summed E-state index contributed by atoms with van der Waals surface area (Å²) in [5.74, 6) is 0.643. The number of aryl methyl sites for hydroxylation is 1. The topological polar surface area (TPSA) is 65.3 Å². The predicted molar refractivity (Wildman–Crippen MR) is 66.4 cm³/mol. The first-order valence-corrected chi connectivity index (χ1v) is 5.43. The van der Waals surface area contributed by atoms with E-state index in [1.54, 1.807) is 25.4 Å². The highest BCUT2D eigenvalue weighted by Gasteiger charge is 2.08. The van der Waals surface area contributed by atoms with Gasteiger partial charge in [0.2, 0.25) is 0 Å². The van der Waals surface area contributed by atoms with E-state index in [2.05, 4.69) is 4.98 Å². The van der Waals surface area contributed by atoms with Crippen molar-refractivity contribution in [3.05, 3.63) is 64.0 Å². The van der Waals surface area contributed by atoms with Crippen LogP contribution >= 0.6 is 0 Å². The number of hydrogen-bond acceptors (Lipinski definition) is 4. The van der Waals surface area contributed by atoms with E-state index in [0.717, 1.165) is 11.1 Å². The maximum absolute atomic E-state index is 10.6. The molecule has 18 heavy (non-hydrogen) atoms. The number of benzene rings is 1. The molecule has 0 aliphatic heterocycles. The predicted octanol–water partition coefficient (Wildman–Crippen LogP) is 2.88. The number of ether oxygens (including phenoxy) is 1. The third-order valence-electron chi connectivity index (χ3n) is 2.49. The monoisotopic (exact) mass is 244 g/mol. The molecule has 0 fully saturated rings. The highest BCUT2D eigenvalue weighted by Crippen LogP contribution is 2.23. The molecule has 1 aromatic heterocycles. The van der Waals surface area contributed by atoms with E-state index < -0.39 is 4.92 Å². The quantitative estimate of drug-likeness (QED) is 0.612. The summed E-state index contributed by atoms with van der Waals surface area (Å²) in [6.07, 6.45) is 3.42. The summed E-state index contributed by atoms with van der Waals surface area (Å²) in [5.41, 5.74) is 1.77. The smallest absolute Gasteiger partial charge is 0.269 e. The first kappa shape index (κ1) is 12.0. The number of nitro benzene ring substituents is 1. The molecule has 0 amide bonds. The number of aromatic nitrogens is 1. The fraction of sp³-hybridized carbons (Fsp3) is 0.154. The number of hydrogen-bond donors (Lipinski definition) is 0. The van der Waals surface area contributed by atoms with E-state index in [1.165, 1.54) is 12.1 Å². The molecule has 0 saturated carbocycles. The summed E-state index contributed by atoms with van der Waals surface area (Å²) in [5, 5.41) is 10.6. The molecular formula is C13H12N2O3. The second-order valence-corrected chi connectivity index (χ2v) is 3.86. The molecule has 0 N–H and O–H groups in total. The van der Waals surface area contributed by atoms with E-state index in [9.17, 15) is 10.1 Å². The minimum atomic E-state index is -0.419. The Kier molecular flexibility index (Phi) is 3.52. The molecule has 0 aliphatic rings. The first-order valence-electron chi connectivity index (χ1n) is 5.43. The van der Waals surface area contributed by atoms with Gasteiger partial charge in [0.1, 0.15) is 12.4 Å². The Morgan fingerprint density at radius 2 is 2.22 bits per heavy atom. The second kappa shape index (κ2) is 5.27. The van der Waals surface area contributed by atoms with Gasteiger partial charge in [-0.1, -0.05) is 6.07 Å². The molecule has 0 radical (unpaired) electrons. The molecule has 5 nitrogen and oxygen atoms in total. The average molecular weight is 244 g/mol. The molecular weight excluding hydrogens is 232 g/mol. The minimum absolute atomic E-state index is 0.0706. The molecule has 0 bridgehead atoms. The van der Waals surface area contributed by atoms with Crippen molar-refractivity contribution < 1.29 is 9.66 Å². The van der Waals surface area contributed by atoms with Crippen LogP contribution in [0.4, 0.5) is 5.69 Å². The first-order chi connectivity index (χ1) is 8.66. The van der Waals surface area contributed by atoms with Crippen molar-refractivity contribution in [1.82, 2.24) is 4.98 Å². The van der Waals surface area contributed by atoms with Crippen LogP contribution in [-0.2, 0) is 6.61 Å². The number of nitrogens with zero attached hydrogens (tertiary/aromatic N) is 2. The van der Waals surface area contributed by atoms with Gasteiger partial charge in [0.05, 0.1) is 4.92 Å². The van der Waals surface area contributed by atoms with Crippen LogP contribution < -0.4 is 4.74 Å². The second-order valence-electron chi connectivity index (χ2n) is 3.86. The Bertz CT molecular complexity index is 555. The Morgan fingerprint density at radius 1 is 1.39 bits per heavy atom. The summed E-state index contributed by atoms with van der Waals surface area (Å²) in [6, 6.07) is 8.29. The van der Waals surface area contributed by atoms with Gasteiger partial charge >= 0.3 is 0 Å². The van der Waals surface area contributed by atoms with Crippen molar-refractivity contribution in [2.75, 3.05) is 0 Å². The van der Waals surface area contributed by atoms with Gasteiger partial charge in [-0.3, -0.25) is 15.1 Å². The molecule has 1 aromatic carbocycles. The molecule has 92 valence electrons. The summed E-state index contributed by atoms with van der Waals surface area (Å²) in [7, 11) is 0. The lowest BCUT2D eigenvalue weighted by atomic mass is 10.2. The summed E-state index contributed by atoms with van der Waals surface area (Å²) >= 11 is 0. The maximum Gasteiger partial charge on any atom is 0.269 e. The van der Waals surface area contributed by atoms with Crippen molar-refractivity contribution >= 4 is 5.69 Å². The molecule has 2 aromatic rings. The summed E-state index contributed by atoms with van der Waals surface area (Å²) in [4.78, 5) is 14.2. The zero-order valence-electron chi connectivity index (χ0n) is 9.87. The lowest BCUT2D eigenvalue weighted by Gasteiger charge is -2.08. The van der Waals surface area contributed by atoms with E-state index in [0.29, 0.717) is 12.4 Å². The zero-order valence-corrected chi connectivity index (χ0v) is 9.87. The molecule has 0 spiro atoms. The highest BCUT2D eigenvalue weighted by molar-refractivity contribution is 5.43. The summed E-state index contributed by atoms with van der Waals surface area (Å²) in [6.45, 7) is 2.18. The van der Waals surface area contributed by atoms with Crippen LogP contribution in [-0.4, -0.2) is 9.91 Å². The van der Waals surface area contributed by atoms with Gasteiger partial charge in [0, 0.05) is 30.1 Å². The standard InChI is InChI=1S/C13H12N2O3/c1-10-7-12(15(16)17)4-5-13(10)18-9-11-3-2-6-14-8-11/h2-8H,9H2,1H3. The number of rotatable bonds is 4. The number of pyridine rings is 1. The van der Waals surface area contributed by atoms with Crippen LogP contribution in [0.25, 0.3) is 0 Å². The summed E-state index contributed by atoms with van der Waals surface area (Å²) < 4.78 is 5.59. The molecule has 5 heteroatoms. The Morgan fingerprint density at radius 3 is 2.83 bits per heavy atom. The average Bonchev–Trinajstić information content (AvgIpc) is 2.38. The van der Waals surface area contributed by atoms with Crippen molar-refractivity contribution in [1.29, 1.82) is 0 Å². The Labute approximate surface area is 104 Å². The Hall–Kier alpha value is -2.43. The fourth-order valence-corrected chi connectivity index (χ4v) is 1.55. The zero-order chi connectivity index (χ0) is 13.0. The third-order valence-corrected chi connectivity index (χ3v) is 2.49. The SMILES string of the molecule is Cc1cc([N+](=O)[O-])ccc1OCc1cccnc1. The lowest BCUT2D eigenvalue weighted by molar-refractivity contribution is -0.384. The van der Waals surface area contributed by atoms with E-state index in [4.69, 9.17) is 4.74 Å². The van der Waals surface area contributed by atoms with Gasteiger partial charge in [-0.15, -0.1) is 0 Å². The van der Waals surface area contributed by atoms with Gasteiger partial charge in [0.15, 0.2) is 0 Å². The van der Waals surface area contributed by atoms with Crippen molar-refractivity contribution in [2.24, 2.45) is 0 Å². The van der Waals surface area contributed by atoms with Crippen molar-refractivity contribution in [2.45, 2.75) is 13.5 Å². The number of nitro groups is 1. The molecule has 0 atom stereocenters. The maximum atomic E-state index is 10.6. The minimum Gasteiger partial charge on any atom is -0.489 e. The normalized spacial score (nSPS) is 10.1. The van der Waals surface area contributed by atoms with E-state index in [1.807, 2.05) is 12.1 Å². The van der Waals surface area contributed by atoms with Crippen molar-refractivity contribution in [3.8, 4) is 5.75 Å².